The van der Waals surface area contributed by atoms with Crippen LogP contribution in [-0.4, -0.2) is 12.1 Å². The first-order valence-electron chi connectivity index (χ1n) is 7.95. The Kier molecular flexibility index (Phi) is 5.10. The van der Waals surface area contributed by atoms with Crippen molar-refractivity contribution in [1.29, 1.82) is 0 Å². The molecule has 0 saturated heterocycles. The summed E-state index contributed by atoms with van der Waals surface area (Å²) >= 11 is 6.21. The van der Waals surface area contributed by atoms with Crippen molar-refractivity contribution in [3.63, 3.8) is 0 Å². The summed E-state index contributed by atoms with van der Waals surface area (Å²) in [5, 5.41) is 6.25. The van der Waals surface area contributed by atoms with E-state index < -0.39 is 6.19 Å². The second kappa shape index (κ2) is 7.06. The van der Waals surface area contributed by atoms with E-state index in [1.165, 1.54) is 23.5 Å². The lowest BCUT2D eigenvalue weighted by Gasteiger charge is -2.35. The van der Waals surface area contributed by atoms with Crippen LogP contribution < -0.4 is 21.4 Å². The van der Waals surface area contributed by atoms with Gasteiger partial charge in [0.05, 0.1) is 6.19 Å². The van der Waals surface area contributed by atoms with E-state index in [2.05, 4.69) is 53.6 Å². The number of benzene rings is 2. The summed E-state index contributed by atoms with van der Waals surface area (Å²) < 4.78 is 0. The number of nitrogens with two attached hydrogens (primary N) is 1. The van der Waals surface area contributed by atoms with E-state index in [0.717, 1.165) is 12.8 Å². The molecule has 3 N–H and O–H groups in total. The molecule has 3 rings (SSSR count). The molecule has 22 heavy (non-hydrogen) atoms. The first-order valence-corrected chi connectivity index (χ1v) is 10.7. The fourth-order valence-electron chi connectivity index (χ4n) is 3.13. The van der Waals surface area contributed by atoms with Crippen molar-refractivity contribution in [3.05, 3.63) is 60.7 Å². The number of hydrogen-bond acceptors (Lipinski definition) is 2. The molecular formula is C18H23N2PS. The molecule has 0 aliphatic heterocycles. The number of rotatable bonds is 4. The van der Waals surface area contributed by atoms with Crippen LogP contribution in [-0.2, 0) is 11.8 Å². The Labute approximate surface area is 138 Å². The average Bonchev–Trinajstić information content (AvgIpc) is 2.58. The molecule has 1 saturated carbocycles. The largest absolute Gasteiger partial charge is 0.326 e. The number of nitrogens with one attached hydrogen (secondary N) is 1. The van der Waals surface area contributed by atoms with Crippen LogP contribution in [0.2, 0.25) is 0 Å². The molecule has 116 valence electrons. The molecule has 0 spiro atoms. The van der Waals surface area contributed by atoms with Crippen molar-refractivity contribution in [2.24, 2.45) is 5.73 Å². The predicted molar refractivity (Wildman–Crippen MR) is 99.8 cm³/mol. The van der Waals surface area contributed by atoms with Crippen LogP contribution in [0.5, 0.6) is 0 Å². The molecule has 2 aromatic carbocycles. The van der Waals surface area contributed by atoms with Gasteiger partial charge in [-0.05, 0) is 12.8 Å². The van der Waals surface area contributed by atoms with E-state index in [0.29, 0.717) is 6.04 Å². The molecule has 1 aliphatic carbocycles. The van der Waals surface area contributed by atoms with Gasteiger partial charge >= 0.3 is 0 Å². The average molecular weight is 330 g/mol. The molecule has 0 bridgehead atoms. The zero-order chi connectivity index (χ0) is 15.4. The molecule has 0 amide bonds. The van der Waals surface area contributed by atoms with E-state index in [1.54, 1.807) is 0 Å². The van der Waals surface area contributed by atoms with E-state index in [4.69, 9.17) is 17.5 Å². The molecule has 2 aromatic rings. The SMILES string of the molecule is NC1CCCCC1NP(=S)(c1ccccc1)c1ccccc1. The van der Waals surface area contributed by atoms with Gasteiger partial charge in [-0.25, -0.2) is 0 Å². The van der Waals surface area contributed by atoms with Gasteiger partial charge in [0, 0.05) is 22.7 Å². The lowest BCUT2D eigenvalue weighted by atomic mass is 9.92. The highest BCUT2D eigenvalue weighted by atomic mass is 32.4. The first kappa shape index (κ1) is 15.9. The zero-order valence-corrected chi connectivity index (χ0v) is 14.4. The Morgan fingerprint density at radius 1 is 0.864 bits per heavy atom. The van der Waals surface area contributed by atoms with Gasteiger partial charge in [-0.1, -0.05) is 85.3 Å². The Morgan fingerprint density at radius 3 is 1.86 bits per heavy atom. The van der Waals surface area contributed by atoms with Gasteiger partial charge in [0.2, 0.25) is 0 Å². The van der Waals surface area contributed by atoms with Crippen molar-refractivity contribution >= 4 is 28.6 Å². The van der Waals surface area contributed by atoms with Crippen LogP contribution in [0.1, 0.15) is 25.7 Å². The highest BCUT2D eigenvalue weighted by Crippen LogP contribution is 2.41. The van der Waals surface area contributed by atoms with Crippen LogP contribution in [0.15, 0.2) is 60.7 Å². The van der Waals surface area contributed by atoms with Crippen LogP contribution in [0, 0.1) is 0 Å². The summed E-state index contributed by atoms with van der Waals surface area (Å²) in [5.41, 5.74) is 6.35. The van der Waals surface area contributed by atoms with E-state index >= 15 is 0 Å². The van der Waals surface area contributed by atoms with Crippen molar-refractivity contribution < 1.29 is 0 Å². The molecule has 1 fully saturated rings. The smallest absolute Gasteiger partial charge is 0.0687 e. The molecule has 0 radical (unpaired) electrons. The van der Waals surface area contributed by atoms with Crippen molar-refractivity contribution in [1.82, 2.24) is 5.09 Å². The minimum Gasteiger partial charge on any atom is -0.326 e. The second-order valence-electron chi connectivity index (χ2n) is 5.96. The third-order valence-corrected chi connectivity index (χ3v) is 8.73. The normalized spacial score (nSPS) is 22.4. The summed E-state index contributed by atoms with van der Waals surface area (Å²) in [7, 11) is 0. The molecule has 1 aliphatic rings. The minimum atomic E-state index is -2.03. The van der Waals surface area contributed by atoms with Crippen LogP contribution in [0.25, 0.3) is 0 Å². The van der Waals surface area contributed by atoms with E-state index in [9.17, 15) is 0 Å². The minimum absolute atomic E-state index is 0.212. The van der Waals surface area contributed by atoms with Gasteiger partial charge in [0.25, 0.3) is 0 Å². The summed E-state index contributed by atoms with van der Waals surface area (Å²) in [5.74, 6) is 0. The molecule has 2 nitrogen and oxygen atoms in total. The molecule has 0 heterocycles. The molecule has 2 atom stereocenters. The summed E-state index contributed by atoms with van der Waals surface area (Å²) in [4.78, 5) is 0. The monoisotopic (exact) mass is 330 g/mol. The first-order chi connectivity index (χ1) is 10.7. The fraction of sp³-hybridized carbons (Fsp3) is 0.333. The summed E-state index contributed by atoms with van der Waals surface area (Å²) in [6.07, 6.45) is 2.67. The molecular weight excluding hydrogens is 307 g/mol. The van der Waals surface area contributed by atoms with Gasteiger partial charge in [0.1, 0.15) is 0 Å². The van der Waals surface area contributed by atoms with E-state index in [1.807, 2.05) is 12.1 Å². The van der Waals surface area contributed by atoms with Gasteiger partial charge in [0.15, 0.2) is 0 Å². The maximum atomic E-state index is 6.35. The fourth-order valence-corrected chi connectivity index (χ4v) is 6.83. The number of hydrogen-bond donors (Lipinski definition) is 2. The van der Waals surface area contributed by atoms with Gasteiger partial charge in [-0.15, -0.1) is 0 Å². The van der Waals surface area contributed by atoms with Crippen LogP contribution in [0.4, 0.5) is 0 Å². The van der Waals surface area contributed by atoms with Crippen molar-refractivity contribution in [2.75, 3.05) is 0 Å². The van der Waals surface area contributed by atoms with Gasteiger partial charge in [-0.2, -0.15) is 0 Å². The molecule has 4 heteroatoms. The van der Waals surface area contributed by atoms with Gasteiger partial charge < -0.3 is 5.73 Å². The summed E-state index contributed by atoms with van der Waals surface area (Å²) in [6.45, 7) is 0. The maximum Gasteiger partial charge on any atom is 0.0687 e. The maximum absolute atomic E-state index is 6.35. The van der Waals surface area contributed by atoms with Crippen LogP contribution in [0.3, 0.4) is 0 Å². The Bertz CT molecular complexity index is 601. The molecule has 2 unspecified atom stereocenters. The zero-order valence-electron chi connectivity index (χ0n) is 12.7. The highest BCUT2D eigenvalue weighted by molar-refractivity contribution is 8.20. The third-order valence-electron chi connectivity index (χ3n) is 4.41. The Balaban J connectivity index is 1.98. The second-order valence-corrected chi connectivity index (χ2v) is 10.1. The molecule has 0 aromatic heterocycles. The Hall–Kier alpha value is -0.990. The Morgan fingerprint density at radius 2 is 1.36 bits per heavy atom. The van der Waals surface area contributed by atoms with Crippen molar-refractivity contribution in [2.45, 2.75) is 37.8 Å². The van der Waals surface area contributed by atoms with Gasteiger partial charge in [-0.3, -0.25) is 5.09 Å². The van der Waals surface area contributed by atoms with Crippen LogP contribution >= 0.6 is 6.19 Å². The topological polar surface area (TPSA) is 38.0 Å². The lowest BCUT2D eigenvalue weighted by Crippen LogP contribution is -2.48. The standard InChI is InChI=1S/C18H23N2PS/c19-17-13-7-8-14-18(17)20-21(22,15-9-3-1-4-10-15)16-11-5-2-6-12-16/h1-6,9-12,17-18H,7-8,13-14,19H2,(H,20,22). The summed E-state index contributed by atoms with van der Waals surface area (Å²) in [6, 6.07) is 21.5. The lowest BCUT2D eigenvalue weighted by molar-refractivity contribution is 0.367. The van der Waals surface area contributed by atoms with E-state index in [-0.39, 0.29) is 6.04 Å². The predicted octanol–water partition coefficient (Wildman–Crippen LogP) is 2.89. The third kappa shape index (κ3) is 3.33. The quantitative estimate of drug-likeness (QED) is 0.847. The van der Waals surface area contributed by atoms with Crippen molar-refractivity contribution in [3.8, 4) is 0 Å². The highest BCUT2D eigenvalue weighted by Gasteiger charge is 2.29.